The van der Waals surface area contributed by atoms with E-state index in [9.17, 15) is 0 Å². The zero-order valence-electron chi connectivity index (χ0n) is 17.4. The summed E-state index contributed by atoms with van der Waals surface area (Å²) in [6.45, 7) is 6.67. The highest BCUT2D eigenvalue weighted by Gasteiger charge is 2.17. The highest BCUT2D eigenvalue weighted by Crippen LogP contribution is 2.27. The van der Waals surface area contributed by atoms with Crippen molar-refractivity contribution in [1.82, 2.24) is 15.0 Å². The largest absolute Gasteiger partial charge is 0.351 e. The van der Waals surface area contributed by atoms with Crippen LogP contribution in [-0.2, 0) is 5.41 Å². The lowest BCUT2D eigenvalue weighted by molar-refractivity contribution is 0.590. The van der Waals surface area contributed by atoms with Crippen LogP contribution in [0.3, 0.4) is 0 Å². The number of anilines is 3. The van der Waals surface area contributed by atoms with Crippen molar-refractivity contribution in [2.45, 2.75) is 57.9 Å². The molecule has 2 heterocycles. The Bertz CT molecular complexity index is 939. The summed E-state index contributed by atoms with van der Waals surface area (Å²) in [5, 5.41) is 6.97. The van der Waals surface area contributed by atoms with Gasteiger partial charge in [0.05, 0.1) is 5.69 Å². The van der Waals surface area contributed by atoms with E-state index in [-0.39, 0.29) is 5.41 Å². The first-order chi connectivity index (χ1) is 14.0. The van der Waals surface area contributed by atoms with Crippen LogP contribution < -0.4 is 10.6 Å². The van der Waals surface area contributed by atoms with Gasteiger partial charge < -0.3 is 10.6 Å². The van der Waals surface area contributed by atoms with Crippen molar-refractivity contribution in [3.8, 4) is 11.3 Å². The second-order valence-corrected chi connectivity index (χ2v) is 8.78. The molecule has 1 aromatic carbocycles. The fourth-order valence-corrected chi connectivity index (χ4v) is 3.69. The van der Waals surface area contributed by atoms with Crippen LogP contribution in [0.25, 0.3) is 11.3 Å². The topological polar surface area (TPSA) is 62.7 Å². The first-order valence-electron chi connectivity index (χ1n) is 10.4. The van der Waals surface area contributed by atoms with Crippen molar-refractivity contribution in [3.63, 3.8) is 0 Å². The van der Waals surface area contributed by atoms with Gasteiger partial charge in [-0.2, -0.15) is 4.98 Å². The molecule has 4 rings (SSSR count). The van der Waals surface area contributed by atoms with Crippen LogP contribution >= 0.6 is 0 Å². The zero-order chi connectivity index (χ0) is 20.3. The molecule has 3 aromatic rings. The molecule has 1 aliphatic carbocycles. The molecule has 29 heavy (non-hydrogen) atoms. The van der Waals surface area contributed by atoms with Gasteiger partial charge in [0.1, 0.15) is 5.82 Å². The van der Waals surface area contributed by atoms with Crippen molar-refractivity contribution < 1.29 is 0 Å². The lowest BCUT2D eigenvalue weighted by Gasteiger charge is -2.19. The summed E-state index contributed by atoms with van der Waals surface area (Å²) < 4.78 is 0. The Morgan fingerprint density at radius 2 is 1.72 bits per heavy atom. The summed E-state index contributed by atoms with van der Waals surface area (Å²) in [6, 6.07) is 14.9. The molecule has 1 aliphatic rings. The maximum absolute atomic E-state index is 4.75. The van der Waals surface area contributed by atoms with Gasteiger partial charge in [0.15, 0.2) is 0 Å². The maximum atomic E-state index is 4.75. The molecule has 1 fully saturated rings. The van der Waals surface area contributed by atoms with Gasteiger partial charge >= 0.3 is 0 Å². The number of nitrogens with one attached hydrogen (secondary N) is 2. The average Bonchev–Trinajstić information content (AvgIpc) is 3.21. The SMILES string of the molecule is CC(C)(C)c1ccc(Nc2cc(-c3cccnc3)nc(NC3CCCC3)n2)cc1. The quantitative estimate of drug-likeness (QED) is 0.568. The minimum atomic E-state index is 0.138. The normalized spacial score (nSPS) is 14.7. The van der Waals surface area contributed by atoms with Gasteiger partial charge in [-0.15, -0.1) is 0 Å². The third kappa shape index (κ3) is 4.91. The molecule has 150 valence electrons. The monoisotopic (exact) mass is 387 g/mol. The van der Waals surface area contributed by atoms with Crippen LogP contribution in [0.15, 0.2) is 54.9 Å². The van der Waals surface area contributed by atoms with Crippen LogP contribution in [0, 0.1) is 0 Å². The van der Waals surface area contributed by atoms with Gasteiger partial charge in [0.2, 0.25) is 5.95 Å². The van der Waals surface area contributed by atoms with E-state index in [1.54, 1.807) is 6.20 Å². The maximum Gasteiger partial charge on any atom is 0.225 e. The summed E-state index contributed by atoms with van der Waals surface area (Å²) >= 11 is 0. The van der Waals surface area contributed by atoms with E-state index in [1.165, 1.54) is 31.2 Å². The number of hydrogen-bond acceptors (Lipinski definition) is 5. The van der Waals surface area contributed by atoms with Gasteiger partial charge in [-0.3, -0.25) is 4.98 Å². The molecule has 0 spiro atoms. The first kappa shape index (κ1) is 19.4. The number of hydrogen-bond donors (Lipinski definition) is 2. The van der Waals surface area contributed by atoms with E-state index in [1.807, 2.05) is 24.4 Å². The molecule has 5 heteroatoms. The first-order valence-corrected chi connectivity index (χ1v) is 10.4. The van der Waals surface area contributed by atoms with E-state index in [0.717, 1.165) is 22.8 Å². The molecule has 5 nitrogen and oxygen atoms in total. The Kier molecular flexibility index (Phi) is 5.47. The fourth-order valence-electron chi connectivity index (χ4n) is 3.69. The Morgan fingerprint density at radius 3 is 2.38 bits per heavy atom. The Hall–Kier alpha value is -2.95. The minimum Gasteiger partial charge on any atom is -0.351 e. The fraction of sp³-hybridized carbons (Fsp3) is 0.375. The van der Waals surface area contributed by atoms with Crippen LogP contribution in [-0.4, -0.2) is 21.0 Å². The summed E-state index contributed by atoms with van der Waals surface area (Å²) in [5.74, 6) is 1.45. The Morgan fingerprint density at radius 1 is 0.966 bits per heavy atom. The molecule has 0 radical (unpaired) electrons. The number of nitrogens with zero attached hydrogens (tertiary/aromatic N) is 3. The van der Waals surface area contributed by atoms with E-state index >= 15 is 0 Å². The van der Waals surface area contributed by atoms with Gasteiger partial charge in [0, 0.05) is 35.8 Å². The van der Waals surface area contributed by atoms with Crippen molar-refractivity contribution in [2.24, 2.45) is 0 Å². The van der Waals surface area contributed by atoms with Crippen molar-refractivity contribution >= 4 is 17.5 Å². The lowest BCUT2D eigenvalue weighted by atomic mass is 9.87. The molecule has 0 saturated heterocycles. The van der Waals surface area contributed by atoms with Gasteiger partial charge in [0.25, 0.3) is 0 Å². The lowest BCUT2D eigenvalue weighted by Crippen LogP contribution is -2.17. The standard InChI is InChI=1S/C24H29N5/c1-24(2,3)18-10-12-20(13-11-18)26-22-15-21(17-7-6-14-25-16-17)28-23(29-22)27-19-8-4-5-9-19/h6-7,10-16,19H,4-5,8-9H2,1-3H3,(H2,26,27,28,29). The van der Waals surface area contributed by atoms with Crippen LogP contribution in [0.2, 0.25) is 0 Å². The van der Waals surface area contributed by atoms with E-state index in [2.05, 4.69) is 60.7 Å². The molecule has 0 bridgehead atoms. The van der Waals surface area contributed by atoms with Crippen molar-refractivity contribution in [3.05, 3.63) is 60.4 Å². The van der Waals surface area contributed by atoms with Crippen LogP contribution in [0.1, 0.15) is 52.0 Å². The van der Waals surface area contributed by atoms with E-state index in [0.29, 0.717) is 12.0 Å². The number of aromatic nitrogens is 3. The molecule has 0 amide bonds. The molecule has 0 atom stereocenters. The Labute approximate surface area is 173 Å². The minimum absolute atomic E-state index is 0.138. The predicted molar refractivity (Wildman–Crippen MR) is 120 cm³/mol. The number of benzene rings is 1. The molecule has 0 unspecified atom stereocenters. The van der Waals surface area contributed by atoms with Crippen molar-refractivity contribution in [1.29, 1.82) is 0 Å². The van der Waals surface area contributed by atoms with E-state index in [4.69, 9.17) is 9.97 Å². The van der Waals surface area contributed by atoms with Gasteiger partial charge in [-0.25, -0.2) is 4.98 Å². The zero-order valence-corrected chi connectivity index (χ0v) is 17.4. The second-order valence-electron chi connectivity index (χ2n) is 8.78. The molecular formula is C24H29N5. The Balaban J connectivity index is 1.62. The highest BCUT2D eigenvalue weighted by atomic mass is 15.2. The molecule has 1 saturated carbocycles. The van der Waals surface area contributed by atoms with Crippen LogP contribution in [0.4, 0.5) is 17.5 Å². The summed E-state index contributed by atoms with van der Waals surface area (Å²) in [7, 11) is 0. The molecule has 2 N–H and O–H groups in total. The molecule has 2 aromatic heterocycles. The van der Waals surface area contributed by atoms with Crippen molar-refractivity contribution in [2.75, 3.05) is 10.6 Å². The summed E-state index contributed by atoms with van der Waals surface area (Å²) in [5.41, 5.74) is 4.31. The smallest absolute Gasteiger partial charge is 0.225 e. The number of pyridine rings is 1. The average molecular weight is 388 g/mol. The highest BCUT2D eigenvalue weighted by molar-refractivity contribution is 5.67. The summed E-state index contributed by atoms with van der Waals surface area (Å²) in [6.07, 6.45) is 8.51. The molecular weight excluding hydrogens is 358 g/mol. The second kappa shape index (κ2) is 8.19. The predicted octanol–water partition coefficient (Wildman–Crippen LogP) is 5.93. The number of rotatable bonds is 5. The third-order valence-electron chi connectivity index (χ3n) is 5.40. The van der Waals surface area contributed by atoms with Gasteiger partial charge in [-0.05, 0) is 48.1 Å². The summed E-state index contributed by atoms with van der Waals surface area (Å²) in [4.78, 5) is 13.7. The van der Waals surface area contributed by atoms with Crippen LogP contribution in [0.5, 0.6) is 0 Å². The van der Waals surface area contributed by atoms with Gasteiger partial charge in [-0.1, -0.05) is 45.7 Å². The molecule has 0 aliphatic heterocycles. The third-order valence-corrected chi connectivity index (χ3v) is 5.40. The van der Waals surface area contributed by atoms with E-state index < -0.39 is 0 Å².